The fourth-order valence-corrected chi connectivity index (χ4v) is 11.7. The maximum absolute atomic E-state index is 9.22. The molecule has 0 atom stereocenters. The molecule has 0 radical (unpaired) electrons. The van der Waals surface area contributed by atoms with Crippen molar-refractivity contribution in [2.45, 2.75) is 0 Å². The molecule has 0 saturated heterocycles. The van der Waals surface area contributed by atoms with Gasteiger partial charge in [0.1, 0.15) is 0 Å². The summed E-state index contributed by atoms with van der Waals surface area (Å²) in [7, 11) is 0. The number of hydrogen-bond donors (Lipinski definition) is 0. The second-order valence-electron chi connectivity index (χ2n) is 20.1. The van der Waals surface area contributed by atoms with Crippen LogP contribution in [-0.2, 0) is 0 Å². The van der Waals surface area contributed by atoms with E-state index in [9.17, 15) is 5.48 Å². The number of benzene rings is 12. The van der Waals surface area contributed by atoms with Crippen LogP contribution >= 0.6 is 0 Å². The predicted molar refractivity (Wildman–Crippen MR) is 335 cm³/mol. The summed E-state index contributed by atoms with van der Waals surface area (Å²) in [5, 5.41) is 5.67. The highest BCUT2D eigenvalue weighted by molar-refractivity contribution is 6.15. The van der Waals surface area contributed by atoms with E-state index in [0.717, 1.165) is 110 Å². The number of nitrogens with zero attached hydrogens (tertiary/aromatic N) is 6. The molecule has 4 aromatic heterocycles. The standard InChI is InChI=1S/C75H48N6/c1-7-19-49(20-8-1)55-31-39-67-63(43-55)64-44-56(50-21-9-2-10-22-50)32-40-68(64)79(67)59-35-37-61-62-38-36-60(48-72(62)81(71(61)47-59)75-77-73(53-27-15-5-16-28-53)76-74(78-75)54-29-17-6-18-30-54)80-69-41-33-57(51-23-11-3-12-24-51)45-65(69)66-46-58(34-42-70(66)80)52-25-13-4-14-26-52/h1-48H/i5D,6D,15D,16D,17D,18D,27D,28D,29D,30D. The Morgan fingerprint density at radius 1 is 0.235 bits per heavy atom. The lowest BCUT2D eigenvalue weighted by molar-refractivity contribution is 0.952. The first-order chi connectivity index (χ1) is 44.3. The van der Waals surface area contributed by atoms with Gasteiger partial charge in [0.25, 0.3) is 0 Å². The minimum absolute atomic E-state index is 0.114. The molecule has 81 heavy (non-hydrogen) atoms. The van der Waals surface area contributed by atoms with E-state index < -0.39 is 60.4 Å². The van der Waals surface area contributed by atoms with Crippen LogP contribution < -0.4 is 0 Å². The molecule has 12 aromatic carbocycles. The van der Waals surface area contributed by atoms with Gasteiger partial charge in [-0.15, -0.1) is 0 Å². The molecule has 16 rings (SSSR count). The maximum atomic E-state index is 9.22. The average molecular weight is 1040 g/mol. The van der Waals surface area contributed by atoms with Crippen LogP contribution in [0.2, 0.25) is 0 Å². The highest BCUT2D eigenvalue weighted by atomic mass is 15.2. The molecule has 0 aliphatic heterocycles. The van der Waals surface area contributed by atoms with Gasteiger partial charge in [-0.3, -0.25) is 4.57 Å². The Labute approximate surface area is 481 Å². The lowest BCUT2D eigenvalue weighted by Crippen LogP contribution is -2.07. The lowest BCUT2D eigenvalue weighted by Gasteiger charge is -2.13. The van der Waals surface area contributed by atoms with Crippen molar-refractivity contribution in [3.63, 3.8) is 0 Å². The quantitative estimate of drug-likeness (QED) is 0.145. The van der Waals surface area contributed by atoms with E-state index in [2.05, 4.69) is 167 Å². The monoisotopic (exact) mass is 1040 g/mol. The summed E-state index contributed by atoms with van der Waals surface area (Å²) >= 11 is 0. The molecular formula is C75H48N6. The molecular weight excluding hydrogens is 985 g/mol. The summed E-state index contributed by atoms with van der Waals surface area (Å²) in [6.45, 7) is 0. The molecule has 16 aromatic rings. The highest BCUT2D eigenvalue weighted by Gasteiger charge is 2.23. The van der Waals surface area contributed by atoms with Crippen LogP contribution in [0.25, 0.3) is 150 Å². The van der Waals surface area contributed by atoms with Crippen molar-refractivity contribution < 1.29 is 13.7 Å². The third-order valence-corrected chi connectivity index (χ3v) is 15.5. The van der Waals surface area contributed by atoms with Gasteiger partial charge in [-0.05, 0) is 117 Å². The molecule has 4 heterocycles. The fourth-order valence-electron chi connectivity index (χ4n) is 11.7. The minimum Gasteiger partial charge on any atom is -0.309 e. The Balaban J connectivity index is 1.01. The van der Waals surface area contributed by atoms with Gasteiger partial charge >= 0.3 is 0 Å². The Kier molecular flexibility index (Phi) is 8.63. The van der Waals surface area contributed by atoms with Gasteiger partial charge in [-0.25, -0.2) is 4.98 Å². The molecule has 378 valence electrons. The topological polar surface area (TPSA) is 53.5 Å². The predicted octanol–water partition coefficient (Wildman–Crippen LogP) is 19.2. The van der Waals surface area contributed by atoms with Crippen molar-refractivity contribution in [2.24, 2.45) is 0 Å². The zero-order chi connectivity index (χ0) is 62.1. The first-order valence-corrected chi connectivity index (χ1v) is 26.7. The van der Waals surface area contributed by atoms with E-state index in [1.54, 1.807) is 0 Å². The number of hydrogen-bond acceptors (Lipinski definition) is 3. The van der Waals surface area contributed by atoms with Crippen molar-refractivity contribution in [1.29, 1.82) is 0 Å². The van der Waals surface area contributed by atoms with Gasteiger partial charge in [0.2, 0.25) is 5.95 Å². The molecule has 0 aliphatic rings. The van der Waals surface area contributed by atoms with Gasteiger partial charge in [0.15, 0.2) is 11.6 Å². The maximum Gasteiger partial charge on any atom is 0.238 e. The Morgan fingerprint density at radius 3 is 0.877 bits per heavy atom. The summed E-state index contributed by atoms with van der Waals surface area (Å²) < 4.78 is 95.3. The zero-order valence-corrected chi connectivity index (χ0v) is 43.1. The van der Waals surface area contributed by atoms with E-state index in [4.69, 9.17) is 23.2 Å². The van der Waals surface area contributed by atoms with E-state index in [0.29, 0.717) is 11.0 Å². The summed E-state index contributed by atoms with van der Waals surface area (Å²) in [6, 6.07) is 73.4. The zero-order valence-electron chi connectivity index (χ0n) is 53.1. The van der Waals surface area contributed by atoms with Crippen molar-refractivity contribution in [3.05, 3.63) is 291 Å². The number of fused-ring (bicyclic) bond motifs is 9. The molecule has 0 spiro atoms. The molecule has 0 fully saturated rings. The van der Waals surface area contributed by atoms with Crippen LogP contribution in [0.3, 0.4) is 0 Å². The van der Waals surface area contributed by atoms with Crippen LogP contribution in [0.15, 0.2) is 291 Å². The van der Waals surface area contributed by atoms with Gasteiger partial charge in [-0.1, -0.05) is 218 Å². The average Bonchev–Trinajstić information content (AvgIpc) is 1.57. The lowest BCUT2D eigenvalue weighted by atomic mass is 10.0. The van der Waals surface area contributed by atoms with E-state index in [1.807, 2.05) is 77.4 Å². The highest BCUT2D eigenvalue weighted by Crippen LogP contribution is 2.42. The van der Waals surface area contributed by atoms with Crippen LogP contribution in [0.5, 0.6) is 0 Å². The first-order valence-electron chi connectivity index (χ1n) is 31.7. The third-order valence-electron chi connectivity index (χ3n) is 15.5. The molecule has 0 amide bonds. The summed E-state index contributed by atoms with van der Waals surface area (Å²) in [4.78, 5) is 14.8. The van der Waals surface area contributed by atoms with Crippen LogP contribution in [0, 0.1) is 0 Å². The number of rotatable bonds is 9. The molecule has 0 aliphatic carbocycles. The van der Waals surface area contributed by atoms with E-state index in [1.165, 1.54) is 0 Å². The molecule has 6 heteroatoms. The summed E-state index contributed by atoms with van der Waals surface area (Å²) in [6.07, 6.45) is 0. The van der Waals surface area contributed by atoms with Crippen molar-refractivity contribution in [2.75, 3.05) is 0 Å². The Bertz CT molecular complexity index is 5110. The minimum atomic E-state index is -0.635. The second-order valence-corrected chi connectivity index (χ2v) is 20.1. The van der Waals surface area contributed by atoms with Gasteiger partial charge in [0, 0.05) is 54.8 Å². The molecule has 0 unspecified atom stereocenters. The fraction of sp³-hybridized carbons (Fsp3) is 0. The smallest absolute Gasteiger partial charge is 0.238 e. The van der Waals surface area contributed by atoms with Crippen molar-refractivity contribution in [1.82, 2.24) is 28.7 Å². The van der Waals surface area contributed by atoms with Gasteiger partial charge in [0.05, 0.1) is 46.8 Å². The normalized spacial score (nSPS) is 13.4. The van der Waals surface area contributed by atoms with Crippen LogP contribution in [0.1, 0.15) is 13.7 Å². The van der Waals surface area contributed by atoms with Gasteiger partial charge in [-0.2, -0.15) is 9.97 Å². The van der Waals surface area contributed by atoms with Gasteiger partial charge < -0.3 is 9.13 Å². The first kappa shape index (κ1) is 37.0. The SMILES string of the molecule is [2H]c1c([2H])c([2H])c(-c2nc(-c3c([2H])c([2H])c([2H])c([2H])c3[2H])nc(-n3c4cc(-n5c6ccc(-c7ccccc7)cc6c6cc(-c7ccccc7)ccc65)ccc4c4ccc(-n5c6ccc(-c7ccccc7)cc6c6cc(-c7ccccc7)ccc65)cc43)n2)c([2H])c1[2H]. The summed E-state index contributed by atoms with van der Waals surface area (Å²) in [5.74, 6) is -0.858. The summed E-state index contributed by atoms with van der Waals surface area (Å²) in [5.41, 5.74) is 14.3. The molecule has 6 nitrogen and oxygen atoms in total. The van der Waals surface area contributed by atoms with E-state index in [-0.39, 0.29) is 28.7 Å². The van der Waals surface area contributed by atoms with Crippen LogP contribution in [-0.4, -0.2) is 28.7 Å². The third kappa shape index (κ3) is 7.83. The second kappa shape index (κ2) is 18.9. The number of aromatic nitrogens is 6. The Morgan fingerprint density at radius 2 is 0.556 bits per heavy atom. The van der Waals surface area contributed by atoms with Crippen molar-refractivity contribution in [3.8, 4) is 84.6 Å². The Hall–Kier alpha value is -11.0. The van der Waals surface area contributed by atoms with E-state index >= 15 is 0 Å². The molecule has 0 saturated carbocycles. The van der Waals surface area contributed by atoms with Crippen molar-refractivity contribution >= 4 is 65.4 Å². The molecule has 0 N–H and O–H groups in total. The molecule has 0 bridgehead atoms. The van der Waals surface area contributed by atoms with Crippen LogP contribution in [0.4, 0.5) is 0 Å². The largest absolute Gasteiger partial charge is 0.309 e.